The van der Waals surface area contributed by atoms with E-state index in [9.17, 15) is 0 Å². The van der Waals surface area contributed by atoms with E-state index in [2.05, 4.69) is 58.7 Å². The predicted molar refractivity (Wildman–Crippen MR) is 86.5 cm³/mol. The summed E-state index contributed by atoms with van der Waals surface area (Å²) >= 11 is 0. The van der Waals surface area contributed by atoms with Crippen molar-refractivity contribution in [1.82, 2.24) is 0 Å². The molecule has 0 saturated heterocycles. The van der Waals surface area contributed by atoms with Crippen molar-refractivity contribution in [2.24, 2.45) is 10.2 Å². The van der Waals surface area contributed by atoms with Crippen LogP contribution in [0.3, 0.4) is 0 Å². The van der Waals surface area contributed by atoms with Crippen molar-refractivity contribution >= 4 is 12.4 Å². The molecule has 0 unspecified atom stereocenters. The van der Waals surface area contributed by atoms with Crippen molar-refractivity contribution in [2.75, 3.05) is 0 Å². The molecule has 2 aromatic carbocycles. The molecule has 0 N–H and O–H groups in total. The number of hydrogen-bond donors (Lipinski definition) is 0. The van der Waals surface area contributed by atoms with Gasteiger partial charge in [0.2, 0.25) is 0 Å². The van der Waals surface area contributed by atoms with E-state index in [1.165, 1.54) is 11.1 Å². The van der Waals surface area contributed by atoms with Gasteiger partial charge in [-0.05, 0) is 36.8 Å². The Kier molecular flexibility index (Phi) is 6.25. The zero-order valence-corrected chi connectivity index (χ0v) is 11.7. The smallest absolute Gasteiger partial charge is 0.0273 e. The predicted octanol–water partition coefficient (Wildman–Crippen LogP) is 4.31. The first-order chi connectivity index (χ1) is 9.95. The normalized spacial score (nSPS) is 11.4. The first-order valence-corrected chi connectivity index (χ1v) is 7.06. The lowest BCUT2D eigenvalue weighted by molar-refractivity contribution is 1.03. The maximum Gasteiger partial charge on any atom is 0.0273 e. The largest absolute Gasteiger partial charge is 0.164 e. The topological polar surface area (TPSA) is 24.7 Å². The van der Waals surface area contributed by atoms with E-state index in [0.29, 0.717) is 0 Å². The zero-order chi connectivity index (χ0) is 13.9. The minimum absolute atomic E-state index is 0.931. The fourth-order valence-electron chi connectivity index (χ4n) is 1.96. The lowest BCUT2D eigenvalue weighted by atomic mass is 10.1. The lowest BCUT2D eigenvalue weighted by Gasteiger charge is -1.95. The summed E-state index contributed by atoms with van der Waals surface area (Å²) in [5, 5.41) is 8.12. The Balaban J connectivity index is 1.60. The minimum atomic E-state index is 0.931. The van der Waals surface area contributed by atoms with Crippen LogP contribution in [0.2, 0.25) is 0 Å². The van der Waals surface area contributed by atoms with Crippen LogP contribution >= 0.6 is 0 Å². The molecule has 0 atom stereocenters. The lowest BCUT2D eigenvalue weighted by Crippen LogP contribution is -1.86. The molecule has 20 heavy (non-hydrogen) atoms. The molecule has 0 bridgehead atoms. The molecule has 0 radical (unpaired) electrons. The van der Waals surface area contributed by atoms with E-state index in [4.69, 9.17) is 0 Å². The van der Waals surface area contributed by atoms with Crippen molar-refractivity contribution in [1.29, 1.82) is 0 Å². The molecule has 102 valence electrons. The summed E-state index contributed by atoms with van der Waals surface area (Å²) in [5.41, 5.74) is 2.68. The fraction of sp³-hybridized carbons (Fsp3) is 0.222. The Morgan fingerprint density at radius 3 is 1.40 bits per heavy atom. The molecule has 0 aliphatic rings. The van der Waals surface area contributed by atoms with Crippen LogP contribution in [-0.4, -0.2) is 12.4 Å². The van der Waals surface area contributed by atoms with Gasteiger partial charge in [-0.25, -0.2) is 0 Å². The van der Waals surface area contributed by atoms with Gasteiger partial charge in [-0.1, -0.05) is 60.7 Å². The molecule has 0 heterocycles. The quantitative estimate of drug-likeness (QED) is 0.526. The molecule has 0 saturated carbocycles. The Morgan fingerprint density at radius 2 is 1.00 bits per heavy atom. The van der Waals surface area contributed by atoms with Crippen LogP contribution in [0.4, 0.5) is 0 Å². The van der Waals surface area contributed by atoms with Crippen LogP contribution < -0.4 is 0 Å². The molecule has 2 nitrogen and oxygen atoms in total. The van der Waals surface area contributed by atoms with Gasteiger partial charge < -0.3 is 0 Å². The van der Waals surface area contributed by atoms with Crippen LogP contribution in [0.1, 0.15) is 24.0 Å². The molecular weight excluding hydrogens is 244 g/mol. The van der Waals surface area contributed by atoms with Crippen LogP contribution in [-0.2, 0) is 12.8 Å². The van der Waals surface area contributed by atoms with E-state index in [1.807, 2.05) is 24.6 Å². The van der Waals surface area contributed by atoms with Gasteiger partial charge in [0.25, 0.3) is 0 Å². The van der Waals surface area contributed by atoms with E-state index >= 15 is 0 Å². The van der Waals surface area contributed by atoms with Crippen molar-refractivity contribution in [3.8, 4) is 0 Å². The third-order valence-corrected chi connectivity index (χ3v) is 3.04. The third kappa shape index (κ3) is 5.61. The Labute approximate surface area is 120 Å². The average Bonchev–Trinajstić information content (AvgIpc) is 2.52. The molecule has 2 rings (SSSR count). The molecule has 2 heteroatoms. The Bertz CT molecular complexity index is 478. The van der Waals surface area contributed by atoms with Crippen LogP contribution in [0.15, 0.2) is 70.9 Å². The first-order valence-electron chi connectivity index (χ1n) is 7.06. The number of benzene rings is 2. The monoisotopic (exact) mass is 264 g/mol. The van der Waals surface area contributed by atoms with Gasteiger partial charge in [-0.3, -0.25) is 0 Å². The SMILES string of the molecule is C(/CCc1ccccc1)=N/N=C\CCc1ccccc1. The van der Waals surface area contributed by atoms with E-state index in [-0.39, 0.29) is 0 Å². The second kappa shape index (κ2) is 8.81. The summed E-state index contributed by atoms with van der Waals surface area (Å²) in [6.07, 6.45) is 7.66. The standard InChI is InChI=1S/C18H20N2/c1-3-9-17(10-4-1)13-7-15-19-20-16-8-14-18-11-5-2-6-12-18/h1-6,9-12,15-16H,7-8,13-14H2/b19-15-,20-16-. The minimum Gasteiger partial charge on any atom is -0.164 e. The highest BCUT2D eigenvalue weighted by molar-refractivity contribution is 5.61. The summed E-state index contributed by atoms with van der Waals surface area (Å²) in [6, 6.07) is 20.9. The van der Waals surface area contributed by atoms with Crippen molar-refractivity contribution in [2.45, 2.75) is 25.7 Å². The van der Waals surface area contributed by atoms with Crippen LogP contribution in [0, 0.1) is 0 Å². The number of aryl methyl sites for hydroxylation is 2. The van der Waals surface area contributed by atoms with Gasteiger partial charge in [0.1, 0.15) is 0 Å². The third-order valence-electron chi connectivity index (χ3n) is 3.04. The molecule has 0 amide bonds. The molecule has 0 spiro atoms. The maximum absolute atomic E-state index is 4.06. The molecular formula is C18H20N2. The molecule has 0 aliphatic carbocycles. The molecule has 0 aromatic heterocycles. The average molecular weight is 264 g/mol. The second-order valence-electron chi connectivity index (χ2n) is 4.64. The summed E-state index contributed by atoms with van der Waals surface area (Å²) < 4.78 is 0. The van der Waals surface area contributed by atoms with Gasteiger partial charge in [0, 0.05) is 12.4 Å². The number of nitrogens with zero attached hydrogens (tertiary/aromatic N) is 2. The second-order valence-corrected chi connectivity index (χ2v) is 4.64. The number of hydrogen-bond acceptors (Lipinski definition) is 2. The highest BCUT2D eigenvalue weighted by Gasteiger charge is 1.89. The highest BCUT2D eigenvalue weighted by Crippen LogP contribution is 2.02. The summed E-state index contributed by atoms with van der Waals surface area (Å²) in [5.74, 6) is 0. The van der Waals surface area contributed by atoms with E-state index in [1.54, 1.807) is 0 Å². The zero-order valence-electron chi connectivity index (χ0n) is 11.7. The Hall–Kier alpha value is -2.22. The first kappa shape index (κ1) is 14.2. The van der Waals surface area contributed by atoms with E-state index in [0.717, 1.165) is 25.7 Å². The number of rotatable bonds is 7. The summed E-state index contributed by atoms with van der Waals surface area (Å²) in [6.45, 7) is 0. The Morgan fingerprint density at radius 1 is 0.600 bits per heavy atom. The molecule has 0 fully saturated rings. The highest BCUT2D eigenvalue weighted by atomic mass is 15.2. The van der Waals surface area contributed by atoms with Gasteiger partial charge in [-0.15, -0.1) is 0 Å². The van der Waals surface area contributed by atoms with Crippen molar-refractivity contribution in [3.05, 3.63) is 71.8 Å². The maximum atomic E-state index is 4.06. The van der Waals surface area contributed by atoms with Gasteiger partial charge in [0.05, 0.1) is 0 Å². The van der Waals surface area contributed by atoms with E-state index < -0.39 is 0 Å². The van der Waals surface area contributed by atoms with Crippen LogP contribution in [0.5, 0.6) is 0 Å². The van der Waals surface area contributed by atoms with Gasteiger partial charge in [0.15, 0.2) is 0 Å². The fourth-order valence-corrected chi connectivity index (χ4v) is 1.96. The van der Waals surface area contributed by atoms with Gasteiger partial charge >= 0.3 is 0 Å². The summed E-state index contributed by atoms with van der Waals surface area (Å²) in [4.78, 5) is 0. The molecule has 2 aromatic rings. The van der Waals surface area contributed by atoms with Gasteiger partial charge in [-0.2, -0.15) is 10.2 Å². The van der Waals surface area contributed by atoms with Crippen LogP contribution in [0.25, 0.3) is 0 Å². The van der Waals surface area contributed by atoms with Crippen molar-refractivity contribution < 1.29 is 0 Å². The molecule has 0 aliphatic heterocycles. The summed E-state index contributed by atoms with van der Waals surface area (Å²) in [7, 11) is 0. The van der Waals surface area contributed by atoms with Crippen molar-refractivity contribution in [3.63, 3.8) is 0 Å².